The van der Waals surface area contributed by atoms with Crippen molar-refractivity contribution >= 4 is 17.7 Å². The summed E-state index contributed by atoms with van der Waals surface area (Å²) >= 11 is 0. The molecule has 2 N–H and O–H groups in total. The Morgan fingerprint density at radius 1 is 1.25 bits per heavy atom. The van der Waals surface area contributed by atoms with Crippen molar-refractivity contribution in [2.45, 2.75) is 26.4 Å². The number of nitrogens with one attached hydrogen (secondary N) is 2. The van der Waals surface area contributed by atoms with Gasteiger partial charge in [-0.3, -0.25) is 15.1 Å². The molecule has 0 aliphatic heterocycles. The molecule has 110 valence electrons. The molecule has 0 aliphatic rings. The van der Waals surface area contributed by atoms with Crippen LogP contribution in [0.3, 0.4) is 0 Å². The van der Waals surface area contributed by atoms with Crippen LogP contribution in [0.1, 0.15) is 31.1 Å². The van der Waals surface area contributed by atoms with Gasteiger partial charge in [-0.1, -0.05) is 6.07 Å². The third kappa shape index (κ3) is 4.89. The number of carbonyl (C=O) groups excluding carboxylic acids is 2. The third-order valence-electron chi connectivity index (χ3n) is 2.39. The van der Waals surface area contributed by atoms with Gasteiger partial charge in [0.2, 0.25) is 0 Å². The molecular formula is C14H21N3O3. The monoisotopic (exact) mass is 279 g/mol. The van der Waals surface area contributed by atoms with Gasteiger partial charge in [-0.2, -0.15) is 0 Å². The summed E-state index contributed by atoms with van der Waals surface area (Å²) in [4.78, 5) is 23.6. The van der Waals surface area contributed by atoms with Gasteiger partial charge in [0.15, 0.2) is 0 Å². The summed E-state index contributed by atoms with van der Waals surface area (Å²) in [5, 5.41) is 3.95. The van der Waals surface area contributed by atoms with E-state index in [0.717, 1.165) is 0 Å². The summed E-state index contributed by atoms with van der Waals surface area (Å²) in [6, 6.07) is 6.67. The number of rotatable bonds is 3. The van der Waals surface area contributed by atoms with Crippen LogP contribution < -0.4 is 10.7 Å². The van der Waals surface area contributed by atoms with Crippen LogP contribution in [-0.4, -0.2) is 36.7 Å². The molecule has 0 aromatic heterocycles. The molecule has 6 nitrogen and oxygen atoms in total. The van der Waals surface area contributed by atoms with Crippen LogP contribution in [0.2, 0.25) is 0 Å². The second-order valence-corrected chi connectivity index (χ2v) is 5.30. The molecule has 2 amide bonds. The first kappa shape index (κ1) is 16.0. The molecule has 0 radical (unpaired) electrons. The molecule has 1 rings (SSSR count). The minimum Gasteiger partial charge on any atom is -0.444 e. The highest BCUT2D eigenvalue weighted by atomic mass is 16.6. The van der Waals surface area contributed by atoms with Crippen LogP contribution in [0, 0.1) is 0 Å². The number of carbonyl (C=O) groups is 2. The van der Waals surface area contributed by atoms with E-state index < -0.39 is 11.7 Å². The number of nitrogens with zero attached hydrogens (tertiary/aromatic N) is 1. The average molecular weight is 279 g/mol. The van der Waals surface area contributed by atoms with Crippen LogP contribution in [0.15, 0.2) is 24.3 Å². The topological polar surface area (TPSA) is 70.7 Å². The van der Waals surface area contributed by atoms with Crippen molar-refractivity contribution in [2.24, 2.45) is 0 Å². The summed E-state index contributed by atoms with van der Waals surface area (Å²) in [6.07, 6.45) is -0.552. The van der Waals surface area contributed by atoms with E-state index in [4.69, 9.17) is 4.74 Å². The lowest BCUT2D eigenvalue weighted by Gasteiger charge is -2.20. The Morgan fingerprint density at radius 2 is 1.90 bits per heavy atom. The van der Waals surface area contributed by atoms with E-state index in [-0.39, 0.29) is 5.91 Å². The molecule has 0 aliphatic carbocycles. The molecule has 0 atom stereocenters. The van der Waals surface area contributed by atoms with Crippen molar-refractivity contribution in [3.8, 4) is 0 Å². The Morgan fingerprint density at radius 3 is 2.45 bits per heavy atom. The maximum atomic E-state index is 12.0. The van der Waals surface area contributed by atoms with Gasteiger partial charge >= 0.3 is 6.09 Å². The van der Waals surface area contributed by atoms with Gasteiger partial charge in [0.25, 0.3) is 5.91 Å². The summed E-state index contributed by atoms with van der Waals surface area (Å²) in [5.74, 6) is -0.194. The highest BCUT2D eigenvalue weighted by Gasteiger charge is 2.17. The van der Waals surface area contributed by atoms with Crippen LogP contribution in [-0.2, 0) is 4.74 Å². The number of amides is 2. The van der Waals surface area contributed by atoms with Gasteiger partial charge in [-0.15, -0.1) is 0 Å². The number of hydrogen-bond donors (Lipinski definition) is 2. The first-order valence-corrected chi connectivity index (χ1v) is 6.28. The first-order valence-electron chi connectivity index (χ1n) is 6.28. The number of benzene rings is 1. The van der Waals surface area contributed by atoms with Crippen molar-refractivity contribution in [1.82, 2.24) is 10.4 Å². The fourth-order valence-electron chi connectivity index (χ4n) is 1.45. The Labute approximate surface area is 119 Å². The molecule has 0 bridgehead atoms. The van der Waals surface area contributed by atoms with Crippen LogP contribution in [0.25, 0.3) is 0 Å². The zero-order valence-corrected chi connectivity index (χ0v) is 12.5. The van der Waals surface area contributed by atoms with Gasteiger partial charge < -0.3 is 4.74 Å². The van der Waals surface area contributed by atoms with Gasteiger partial charge in [-0.25, -0.2) is 10.2 Å². The SMILES string of the molecule is CNN(C)C(=O)c1cccc(NC(=O)OC(C)(C)C)c1. The predicted octanol–water partition coefficient (Wildman–Crippen LogP) is 2.24. The molecule has 0 saturated carbocycles. The molecule has 0 saturated heterocycles. The van der Waals surface area contributed by atoms with Gasteiger partial charge in [0.1, 0.15) is 5.60 Å². The van der Waals surface area contributed by atoms with E-state index in [2.05, 4.69) is 10.7 Å². The lowest BCUT2D eigenvalue weighted by Crippen LogP contribution is -2.36. The van der Waals surface area contributed by atoms with E-state index in [9.17, 15) is 9.59 Å². The van der Waals surface area contributed by atoms with Crippen molar-refractivity contribution in [3.05, 3.63) is 29.8 Å². The second kappa shape index (κ2) is 6.38. The molecule has 0 unspecified atom stereocenters. The van der Waals surface area contributed by atoms with Crippen LogP contribution in [0.4, 0.5) is 10.5 Å². The van der Waals surface area contributed by atoms with Crippen molar-refractivity contribution < 1.29 is 14.3 Å². The maximum Gasteiger partial charge on any atom is 0.412 e. The quantitative estimate of drug-likeness (QED) is 0.832. The van der Waals surface area contributed by atoms with Crippen LogP contribution in [0.5, 0.6) is 0 Å². The average Bonchev–Trinajstić information content (AvgIpc) is 2.34. The minimum atomic E-state index is -0.566. The summed E-state index contributed by atoms with van der Waals surface area (Å²) in [5.41, 5.74) is 3.14. The Balaban J connectivity index is 2.79. The van der Waals surface area contributed by atoms with E-state index in [1.54, 1.807) is 59.1 Å². The fraction of sp³-hybridized carbons (Fsp3) is 0.429. The standard InChI is InChI=1S/C14H21N3O3/c1-14(2,3)20-13(19)16-11-8-6-7-10(9-11)12(18)17(5)15-4/h6-9,15H,1-5H3,(H,16,19). The lowest BCUT2D eigenvalue weighted by molar-refractivity contribution is 0.0634. The second-order valence-electron chi connectivity index (χ2n) is 5.30. The number of hydrazine groups is 1. The lowest BCUT2D eigenvalue weighted by atomic mass is 10.2. The fourth-order valence-corrected chi connectivity index (χ4v) is 1.45. The highest BCUT2D eigenvalue weighted by Crippen LogP contribution is 2.14. The first-order chi connectivity index (χ1) is 9.23. The summed E-state index contributed by atoms with van der Waals surface area (Å²) < 4.78 is 5.15. The van der Waals surface area contributed by atoms with Crippen LogP contribution >= 0.6 is 0 Å². The molecule has 20 heavy (non-hydrogen) atoms. The molecule has 1 aromatic carbocycles. The van der Waals surface area contributed by atoms with Crippen molar-refractivity contribution in [2.75, 3.05) is 19.4 Å². The molecule has 6 heteroatoms. The van der Waals surface area contributed by atoms with E-state index in [1.807, 2.05) is 0 Å². The molecule has 0 spiro atoms. The molecule has 0 fully saturated rings. The number of hydrogen-bond acceptors (Lipinski definition) is 4. The third-order valence-corrected chi connectivity index (χ3v) is 2.39. The largest absolute Gasteiger partial charge is 0.444 e. The van der Waals surface area contributed by atoms with E-state index in [0.29, 0.717) is 11.3 Å². The van der Waals surface area contributed by atoms with Gasteiger partial charge in [-0.05, 0) is 39.0 Å². The summed E-state index contributed by atoms with van der Waals surface area (Å²) in [6.45, 7) is 5.36. The molecular weight excluding hydrogens is 258 g/mol. The zero-order chi connectivity index (χ0) is 15.3. The normalized spacial score (nSPS) is 10.8. The molecule has 0 heterocycles. The minimum absolute atomic E-state index is 0.194. The maximum absolute atomic E-state index is 12.0. The molecule has 1 aromatic rings. The van der Waals surface area contributed by atoms with Crippen molar-refractivity contribution in [1.29, 1.82) is 0 Å². The Kier molecular flexibility index (Phi) is 5.10. The summed E-state index contributed by atoms with van der Waals surface area (Å²) in [7, 11) is 3.27. The number of ether oxygens (including phenoxy) is 1. The Bertz CT molecular complexity index is 495. The smallest absolute Gasteiger partial charge is 0.412 e. The van der Waals surface area contributed by atoms with E-state index >= 15 is 0 Å². The van der Waals surface area contributed by atoms with Gasteiger partial charge in [0, 0.05) is 25.3 Å². The number of anilines is 1. The van der Waals surface area contributed by atoms with E-state index in [1.165, 1.54) is 5.01 Å². The van der Waals surface area contributed by atoms with Crippen molar-refractivity contribution in [3.63, 3.8) is 0 Å². The Hall–Kier alpha value is -2.08. The zero-order valence-electron chi connectivity index (χ0n) is 12.5. The predicted molar refractivity (Wildman–Crippen MR) is 77.5 cm³/mol. The van der Waals surface area contributed by atoms with Gasteiger partial charge in [0.05, 0.1) is 0 Å². The highest BCUT2D eigenvalue weighted by molar-refractivity contribution is 5.95.